The van der Waals surface area contributed by atoms with Crippen LogP contribution in [0.25, 0.3) is 22.4 Å². The fourth-order valence-electron chi connectivity index (χ4n) is 2.48. The molecule has 0 aliphatic heterocycles. The second-order valence-corrected chi connectivity index (χ2v) is 6.27. The van der Waals surface area contributed by atoms with Crippen molar-refractivity contribution in [1.29, 1.82) is 0 Å². The zero-order valence-electron chi connectivity index (χ0n) is 13.8. The molecule has 3 aromatic rings. The molecule has 2 aromatic carbocycles. The average Bonchev–Trinajstić information content (AvgIpc) is 3.00. The topological polar surface area (TPSA) is 41.3 Å². The Labute approximate surface area is 147 Å². The molecule has 0 atom stereocenters. The molecule has 5 heteroatoms. The number of aromatic nitrogens is 1. The van der Waals surface area contributed by atoms with Crippen molar-refractivity contribution in [3.8, 4) is 22.4 Å². The first-order valence-corrected chi connectivity index (χ1v) is 8.22. The highest BCUT2D eigenvalue weighted by Gasteiger charge is 2.19. The first-order valence-electron chi connectivity index (χ1n) is 7.85. The molecule has 1 aromatic heterocycles. The molecule has 0 bridgehead atoms. The minimum Gasteiger partial charge on any atom is -0.352 e. The summed E-state index contributed by atoms with van der Waals surface area (Å²) in [6.07, 6.45) is 0. The predicted molar refractivity (Wildman–Crippen MR) is 99.4 cm³/mol. The van der Waals surface area contributed by atoms with Crippen molar-refractivity contribution < 1.29 is 4.52 Å². The van der Waals surface area contributed by atoms with E-state index in [1.54, 1.807) is 0 Å². The van der Waals surface area contributed by atoms with Gasteiger partial charge in [-0.3, -0.25) is 0 Å². The lowest BCUT2D eigenvalue weighted by atomic mass is 10.0. The largest absolute Gasteiger partial charge is 0.352 e. The van der Waals surface area contributed by atoms with Crippen molar-refractivity contribution >= 4 is 17.5 Å². The van der Waals surface area contributed by atoms with Gasteiger partial charge in [-0.25, -0.2) is 0 Å². The summed E-state index contributed by atoms with van der Waals surface area (Å²) in [7, 11) is 4.08. The van der Waals surface area contributed by atoms with Crippen molar-refractivity contribution in [2.45, 2.75) is 0 Å². The molecular formula is C19H20ClN3O. The summed E-state index contributed by atoms with van der Waals surface area (Å²) >= 11 is 6.00. The minimum absolute atomic E-state index is 0.688. The van der Waals surface area contributed by atoms with Gasteiger partial charge in [-0.2, -0.15) is 0 Å². The van der Waals surface area contributed by atoms with Crippen LogP contribution in [0.5, 0.6) is 0 Å². The molecular weight excluding hydrogens is 322 g/mol. The van der Waals surface area contributed by atoms with Crippen LogP contribution in [0, 0.1) is 0 Å². The normalized spacial score (nSPS) is 11.0. The summed E-state index contributed by atoms with van der Waals surface area (Å²) in [5.74, 6) is 0.688. The summed E-state index contributed by atoms with van der Waals surface area (Å²) in [4.78, 5) is 2.12. The predicted octanol–water partition coefficient (Wildman–Crippen LogP) is 4.64. The van der Waals surface area contributed by atoms with E-state index < -0.39 is 0 Å². The van der Waals surface area contributed by atoms with Gasteiger partial charge in [0.2, 0.25) is 5.88 Å². The highest BCUT2D eigenvalue weighted by atomic mass is 35.5. The van der Waals surface area contributed by atoms with Crippen LogP contribution in [0.15, 0.2) is 59.1 Å². The van der Waals surface area contributed by atoms with Crippen molar-refractivity contribution in [2.75, 3.05) is 32.5 Å². The number of benzene rings is 2. The molecule has 4 nitrogen and oxygen atoms in total. The molecule has 0 spiro atoms. The van der Waals surface area contributed by atoms with Gasteiger partial charge in [-0.05, 0) is 31.8 Å². The lowest BCUT2D eigenvalue weighted by Gasteiger charge is -2.10. The molecule has 0 fully saturated rings. The van der Waals surface area contributed by atoms with E-state index in [2.05, 4.69) is 27.5 Å². The fourth-order valence-corrected chi connectivity index (χ4v) is 2.61. The average molecular weight is 342 g/mol. The summed E-state index contributed by atoms with van der Waals surface area (Å²) in [5, 5.41) is 8.35. The molecule has 1 heterocycles. The maximum atomic E-state index is 6.00. The molecule has 124 valence electrons. The monoisotopic (exact) mass is 341 g/mol. The quantitative estimate of drug-likeness (QED) is 0.709. The molecule has 0 saturated heterocycles. The maximum absolute atomic E-state index is 6.00. The van der Waals surface area contributed by atoms with Crippen LogP contribution in [-0.2, 0) is 0 Å². The van der Waals surface area contributed by atoms with Crippen molar-refractivity contribution in [2.24, 2.45) is 0 Å². The Balaban J connectivity index is 1.99. The van der Waals surface area contributed by atoms with E-state index in [1.807, 2.05) is 56.6 Å². The fraction of sp³-hybridized carbons (Fsp3) is 0.211. The molecule has 24 heavy (non-hydrogen) atoms. The maximum Gasteiger partial charge on any atom is 0.233 e. The van der Waals surface area contributed by atoms with Crippen LogP contribution in [0.1, 0.15) is 0 Å². The number of rotatable bonds is 6. The third kappa shape index (κ3) is 3.78. The van der Waals surface area contributed by atoms with E-state index in [-0.39, 0.29) is 0 Å². The molecule has 0 amide bonds. The van der Waals surface area contributed by atoms with Gasteiger partial charge >= 0.3 is 0 Å². The van der Waals surface area contributed by atoms with Gasteiger partial charge < -0.3 is 14.7 Å². The van der Waals surface area contributed by atoms with Crippen molar-refractivity contribution in [3.63, 3.8) is 0 Å². The molecule has 0 radical (unpaired) electrons. The van der Waals surface area contributed by atoms with Crippen LogP contribution < -0.4 is 5.32 Å². The number of hydrogen-bond acceptors (Lipinski definition) is 4. The van der Waals surface area contributed by atoms with Gasteiger partial charge in [0.1, 0.15) is 5.69 Å². The Kier molecular flexibility index (Phi) is 5.18. The zero-order chi connectivity index (χ0) is 16.9. The van der Waals surface area contributed by atoms with Crippen molar-refractivity contribution in [3.05, 3.63) is 59.6 Å². The third-order valence-electron chi connectivity index (χ3n) is 3.72. The third-order valence-corrected chi connectivity index (χ3v) is 3.97. The number of halogens is 1. The van der Waals surface area contributed by atoms with Gasteiger partial charge in [0.25, 0.3) is 0 Å². The van der Waals surface area contributed by atoms with Crippen LogP contribution in [0.4, 0.5) is 5.88 Å². The summed E-state index contributed by atoms with van der Waals surface area (Å²) < 4.78 is 5.60. The summed E-state index contributed by atoms with van der Waals surface area (Å²) in [5.41, 5.74) is 3.82. The Bertz CT molecular complexity index is 782. The first kappa shape index (κ1) is 16.6. The SMILES string of the molecule is CN(C)CCNc1onc(-c2ccc(Cl)cc2)c1-c1ccccc1. The Morgan fingerprint density at radius 1 is 1.00 bits per heavy atom. The Morgan fingerprint density at radius 3 is 2.38 bits per heavy atom. The zero-order valence-corrected chi connectivity index (χ0v) is 14.5. The van der Waals surface area contributed by atoms with Gasteiger partial charge in [-0.1, -0.05) is 59.2 Å². The smallest absolute Gasteiger partial charge is 0.233 e. The molecule has 3 rings (SSSR count). The van der Waals surface area contributed by atoms with Gasteiger partial charge in [-0.15, -0.1) is 0 Å². The van der Waals surface area contributed by atoms with E-state index in [9.17, 15) is 0 Å². The number of nitrogens with zero attached hydrogens (tertiary/aromatic N) is 2. The van der Waals surface area contributed by atoms with Crippen LogP contribution in [-0.4, -0.2) is 37.2 Å². The highest BCUT2D eigenvalue weighted by Crippen LogP contribution is 2.37. The lowest BCUT2D eigenvalue weighted by molar-refractivity contribution is 0.411. The van der Waals surface area contributed by atoms with E-state index in [4.69, 9.17) is 16.1 Å². The molecule has 1 N–H and O–H groups in total. The van der Waals surface area contributed by atoms with E-state index in [0.717, 1.165) is 35.5 Å². The van der Waals surface area contributed by atoms with Gasteiger partial charge in [0.05, 0.1) is 5.56 Å². The summed E-state index contributed by atoms with van der Waals surface area (Å²) in [6.45, 7) is 1.69. The van der Waals surface area contributed by atoms with E-state index >= 15 is 0 Å². The van der Waals surface area contributed by atoms with Crippen molar-refractivity contribution in [1.82, 2.24) is 10.1 Å². The van der Waals surface area contributed by atoms with E-state index in [0.29, 0.717) is 10.9 Å². The molecule has 0 aliphatic rings. The standard InChI is InChI=1S/C19H20ClN3O/c1-23(2)13-12-21-19-17(14-6-4-3-5-7-14)18(22-24-19)15-8-10-16(20)11-9-15/h3-11,21H,12-13H2,1-2H3. The summed E-state index contributed by atoms with van der Waals surface area (Å²) in [6, 6.07) is 17.8. The second kappa shape index (κ2) is 7.51. The van der Waals surface area contributed by atoms with Gasteiger partial charge in [0, 0.05) is 23.7 Å². The number of likely N-dealkylation sites (N-methyl/N-ethyl adjacent to an activating group) is 1. The second-order valence-electron chi connectivity index (χ2n) is 5.84. The Morgan fingerprint density at radius 2 is 1.71 bits per heavy atom. The van der Waals surface area contributed by atoms with Crippen LogP contribution >= 0.6 is 11.6 Å². The lowest BCUT2D eigenvalue weighted by Crippen LogP contribution is -2.20. The van der Waals surface area contributed by atoms with E-state index in [1.165, 1.54) is 0 Å². The van der Waals surface area contributed by atoms with Crippen LogP contribution in [0.2, 0.25) is 5.02 Å². The minimum atomic E-state index is 0.688. The number of nitrogens with one attached hydrogen (secondary N) is 1. The van der Waals surface area contributed by atoms with Gasteiger partial charge in [0.15, 0.2) is 0 Å². The molecule has 0 unspecified atom stereocenters. The molecule has 0 aliphatic carbocycles. The van der Waals surface area contributed by atoms with Crippen LogP contribution in [0.3, 0.4) is 0 Å². The number of anilines is 1. The molecule has 0 saturated carbocycles. The highest BCUT2D eigenvalue weighted by molar-refractivity contribution is 6.30. The Hall–Kier alpha value is -2.30. The first-order chi connectivity index (χ1) is 11.6. The number of hydrogen-bond donors (Lipinski definition) is 1.